The van der Waals surface area contributed by atoms with Gasteiger partial charge in [0.15, 0.2) is 0 Å². The molecule has 14 heavy (non-hydrogen) atoms. The van der Waals surface area contributed by atoms with Gasteiger partial charge in [0.25, 0.3) is 0 Å². The van der Waals surface area contributed by atoms with Gasteiger partial charge in [0, 0.05) is 37.4 Å². The summed E-state index contributed by atoms with van der Waals surface area (Å²) in [4.78, 5) is 0. The molecule has 1 unspecified atom stereocenters. The Bertz CT molecular complexity index is 290. The molecular formula is C10H20N4. The first-order valence-electron chi connectivity index (χ1n) is 5.00. The number of rotatable bonds is 4. The van der Waals surface area contributed by atoms with Gasteiger partial charge >= 0.3 is 0 Å². The Morgan fingerprint density at radius 1 is 1.57 bits per heavy atom. The van der Waals surface area contributed by atoms with Gasteiger partial charge in [0.2, 0.25) is 0 Å². The van der Waals surface area contributed by atoms with Gasteiger partial charge in [0.1, 0.15) is 0 Å². The maximum absolute atomic E-state index is 5.73. The molecule has 0 spiro atoms. The van der Waals surface area contributed by atoms with E-state index in [0.29, 0.717) is 12.6 Å². The van der Waals surface area contributed by atoms with Crippen molar-refractivity contribution >= 4 is 0 Å². The highest BCUT2D eigenvalue weighted by Gasteiger charge is 2.15. The van der Waals surface area contributed by atoms with Crippen LogP contribution in [-0.4, -0.2) is 22.4 Å². The lowest BCUT2D eigenvalue weighted by molar-refractivity contribution is 0.482. The monoisotopic (exact) mass is 196 g/mol. The van der Waals surface area contributed by atoms with E-state index in [0.717, 1.165) is 5.69 Å². The third-order valence-corrected chi connectivity index (χ3v) is 2.20. The van der Waals surface area contributed by atoms with Gasteiger partial charge in [-0.05, 0) is 6.92 Å². The Labute approximate surface area is 85.5 Å². The summed E-state index contributed by atoms with van der Waals surface area (Å²) in [5.41, 5.74) is 7.98. The molecule has 0 aliphatic rings. The average molecular weight is 196 g/mol. The molecule has 4 heteroatoms. The van der Waals surface area contributed by atoms with Gasteiger partial charge in [-0.25, -0.2) is 0 Å². The molecule has 3 N–H and O–H groups in total. The van der Waals surface area contributed by atoms with E-state index in [2.05, 4.69) is 24.3 Å². The predicted octanol–water partition coefficient (Wildman–Crippen LogP) is 0.726. The SMILES string of the molecule is Cc1nn(C)cc1C(CN)NC(C)C. The van der Waals surface area contributed by atoms with Crippen molar-refractivity contribution in [3.8, 4) is 0 Å². The topological polar surface area (TPSA) is 55.9 Å². The Hall–Kier alpha value is -0.870. The van der Waals surface area contributed by atoms with Gasteiger partial charge in [0.05, 0.1) is 5.69 Å². The molecule has 0 radical (unpaired) electrons. The highest BCUT2D eigenvalue weighted by atomic mass is 15.3. The second-order valence-corrected chi connectivity index (χ2v) is 3.95. The molecule has 1 heterocycles. The number of nitrogens with one attached hydrogen (secondary N) is 1. The number of nitrogens with two attached hydrogens (primary N) is 1. The molecule has 0 aliphatic heterocycles. The van der Waals surface area contributed by atoms with Gasteiger partial charge in [-0.15, -0.1) is 0 Å². The first kappa shape index (κ1) is 11.2. The van der Waals surface area contributed by atoms with Crippen LogP contribution in [0.5, 0.6) is 0 Å². The molecule has 1 aromatic heterocycles. The van der Waals surface area contributed by atoms with Crippen molar-refractivity contribution in [3.63, 3.8) is 0 Å². The minimum atomic E-state index is 0.212. The van der Waals surface area contributed by atoms with Crippen LogP contribution in [0.3, 0.4) is 0 Å². The lowest BCUT2D eigenvalue weighted by atomic mass is 10.1. The molecule has 1 aromatic rings. The maximum Gasteiger partial charge on any atom is 0.0641 e. The highest BCUT2D eigenvalue weighted by molar-refractivity contribution is 5.20. The number of aryl methyl sites for hydroxylation is 2. The fourth-order valence-electron chi connectivity index (χ4n) is 1.65. The molecule has 0 amide bonds. The molecule has 0 aromatic carbocycles. The second-order valence-electron chi connectivity index (χ2n) is 3.95. The highest BCUT2D eigenvalue weighted by Crippen LogP contribution is 2.15. The fraction of sp³-hybridized carbons (Fsp3) is 0.700. The lowest BCUT2D eigenvalue weighted by Gasteiger charge is -2.18. The third kappa shape index (κ3) is 2.56. The summed E-state index contributed by atoms with van der Waals surface area (Å²) in [5, 5.41) is 7.73. The summed E-state index contributed by atoms with van der Waals surface area (Å²) in [7, 11) is 1.93. The van der Waals surface area contributed by atoms with Crippen molar-refractivity contribution in [3.05, 3.63) is 17.5 Å². The summed E-state index contributed by atoms with van der Waals surface area (Å²) >= 11 is 0. The van der Waals surface area contributed by atoms with Crippen molar-refractivity contribution in [2.75, 3.05) is 6.54 Å². The van der Waals surface area contributed by atoms with Gasteiger partial charge in [-0.3, -0.25) is 4.68 Å². The van der Waals surface area contributed by atoms with Crippen LogP contribution in [0.25, 0.3) is 0 Å². The van der Waals surface area contributed by atoms with Gasteiger partial charge < -0.3 is 11.1 Å². The van der Waals surface area contributed by atoms with E-state index in [1.165, 1.54) is 5.56 Å². The molecule has 0 aliphatic carbocycles. The number of hydrogen-bond donors (Lipinski definition) is 2. The van der Waals surface area contributed by atoms with Crippen LogP contribution in [0.15, 0.2) is 6.20 Å². The minimum absolute atomic E-state index is 0.212. The van der Waals surface area contributed by atoms with Crippen molar-refractivity contribution in [2.24, 2.45) is 12.8 Å². The molecule has 0 saturated heterocycles. The summed E-state index contributed by atoms with van der Waals surface area (Å²) in [5.74, 6) is 0. The summed E-state index contributed by atoms with van der Waals surface area (Å²) in [6.45, 7) is 6.85. The average Bonchev–Trinajstić information content (AvgIpc) is 2.41. The van der Waals surface area contributed by atoms with Gasteiger partial charge in [-0.2, -0.15) is 5.10 Å². The zero-order chi connectivity index (χ0) is 10.7. The van der Waals surface area contributed by atoms with Crippen LogP contribution in [0.2, 0.25) is 0 Å². The van der Waals surface area contributed by atoms with E-state index in [4.69, 9.17) is 5.73 Å². The van der Waals surface area contributed by atoms with Crippen molar-refractivity contribution < 1.29 is 0 Å². The quantitative estimate of drug-likeness (QED) is 0.746. The fourth-order valence-corrected chi connectivity index (χ4v) is 1.65. The lowest BCUT2D eigenvalue weighted by Crippen LogP contribution is -2.33. The molecular weight excluding hydrogens is 176 g/mol. The molecule has 4 nitrogen and oxygen atoms in total. The van der Waals surface area contributed by atoms with E-state index in [-0.39, 0.29) is 6.04 Å². The Morgan fingerprint density at radius 3 is 2.57 bits per heavy atom. The van der Waals surface area contributed by atoms with Crippen LogP contribution in [-0.2, 0) is 7.05 Å². The van der Waals surface area contributed by atoms with Crippen LogP contribution >= 0.6 is 0 Å². The summed E-state index contributed by atoms with van der Waals surface area (Å²) in [6, 6.07) is 0.645. The van der Waals surface area contributed by atoms with Gasteiger partial charge in [-0.1, -0.05) is 13.8 Å². The number of hydrogen-bond acceptors (Lipinski definition) is 3. The zero-order valence-electron chi connectivity index (χ0n) is 9.41. The Morgan fingerprint density at radius 2 is 2.21 bits per heavy atom. The first-order valence-corrected chi connectivity index (χ1v) is 5.00. The molecule has 1 atom stereocenters. The predicted molar refractivity (Wildman–Crippen MR) is 58.0 cm³/mol. The van der Waals surface area contributed by atoms with E-state index >= 15 is 0 Å². The Kier molecular flexibility index (Phi) is 3.66. The molecule has 1 rings (SSSR count). The first-order chi connectivity index (χ1) is 6.54. The van der Waals surface area contributed by atoms with Crippen LogP contribution in [0.4, 0.5) is 0 Å². The van der Waals surface area contributed by atoms with E-state index < -0.39 is 0 Å². The van der Waals surface area contributed by atoms with Crippen LogP contribution < -0.4 is 11.1 Å². The smallest absolute Gasteiger partial charge is 0.0641 e. The summed E-state index contributed by atoms with van der Waals surface area (Å²) < 4.78 is 1.83. The second kappa shape index (κ2) is 4.57. The third-order valence-electron chi connectivity index (χ3n) is 2.20. The molecule has 0 bridgehead atoms. The summed E-state index contributed by atoms with van der Waals surface area (Å²) in [6.07, 6.45) is 2.03. The molecule has 80 valence electrons. The van der Waals surface area contributed by atoms with Crippen LogP contribution in [0, 0.1) is 6.92 Å². The number of nitrogens with zero attached hydrogens (tertiary/aromatic N) is 2. The minimum Gasteiger partial charge on any atom is -0.329 e. The maximum atomic E-state index is 5.73. The van der Waals surface area contributed by atoms with E-state index in [1.807, 2.05) is 24.9 Å². The van der Waals surface area contributed by atoms with E-state index in [1.54, 1.807) is 0 Å². The zero-order valence-corrected chi connectivity index (χ0v) is 9.41. The standard InChI is InChI=1S/C10H20N4/c1-7(2)12-10(5-11)9-6-14(4)13-8(9)3/h6-7,10,12H,5,11H2,1-4H3. The molecule has 0 fully saturated rings. The van der Waals surface area contributed by atoms with Crippen molar-refractivity contribution in [2.45, 2.75) is 32.9 Å². The largest absolute Gasteiger partial charge is 0.329 e. The van der Waals surface area contributed by atoms with Crippen molar-refractivity contribution in [1.29, 1.82) is 0 Å². The normalized spacial score (nSPS) is 13.6. The Balaban J connectivity index is 2.83. The van der Waals surface area contributed by atoms with E-state index in [9.17, 15) is 0 Å². The molecule has 0 saturated carbocycles. The number of aromatic nitrogens is 2. The van der Waals surface area contributed by atoms with Crippen LogP contribution in [0.1, 0.15) is 31.1 Å². The van der Waals surface area contributed by atoms with Crippen molar-refractivity contribution in [1.82, 2.24) is 15.1 Å².